The lowest BCUT2D eigenvalue weighted by molar-refractivity contribution is 0.0849. The molecule has 0 radical (unpaired) electrons. The zero-order valence-corrected chi connectivity index (χ0v) is 7.93. The molecule has 0 atom stereocenters. The van der Waals surface area contributed by atoms with Crippen LogP contribution in [-0.4, -0.2) is 14.2 Å². The van der Waals surface area contributed by atoms with Crippen LogP contribution in [0.15, 0.2) is 12.1 Å². The topological polar surface area (TPSA) is 30.5 Å². The van der Waals surface area contributed by atoms with Crippen molar-refractivity contribution >= 4 is 0 Å². The molecule has 14 heavy (non-hydrogen) atoms. The fourth-order valence-electron chi connectivity index (χ4n) is 1.04. The Balaban J connectivity index is 2.99. The van der Waals surface area contributed by atoms with Crippen molar-refractivity contribution in [2.75, 3.05) is 14.2 Å². The molecule has 0 aliphatic heterocycles. The molecule has 0 aliphatic carbocycles. The second-order valence-corrected chi connectivity index (χ2v) is 2.57. The summed E-state index contributed by atoms with van der Waals surface area (Å²) in [5.74, 6) is -1.33. The van der Waals surface area contributed by atoms with Gasteiger partial charge in [0.15, 0.2) is 11.6 Å². The average molecular weight is 203 g/mol. The Morgan fingerprint density at radius 1 is 1.29 bits per heavy atom. The molecule has 0 aromatic heterocycles. The summed E-state index contributed by atoms with van der Waals surface area (Å²) in [6, 6.07) is 2.38. The number of ether oxygens (including phenoxy) is 1. The van der Waals surface area contributed by atoms with Crippen LogP contribution in [0.5, 0.6) is 5.75 Å². The molecule has 78 valence electrons. The molecule has 3 nitrogen and oxygen atoms in total. The number of hydrogen-bond donors (Lipinski definition) is 1. The van der Waals surface area contributed by atoms with Crippen molar-refractivity contribution in [1.29, 1.82) is 0 Å². The first-order valence-electron chi connectivity index (χ1n) is 3.97. The van der Waals surface area contributed by atoms with Crippen LogP contribution in [0.1, 0.15) is 5.56 Å². The first-order valence-corrected chi connectivity index (χ1v) is 3.97. The largest absolute Gasteiger partial charge is 0.494 e. The van der Waals surface area contributed by atoms with Gasteiger partial charge in [-0.2, -0.15) is 5.48 Å². The summed E-state index contributed by atoms with van der Waals surface area (Å²) < 4.78 is 31.2. The van der Waals surface area contributed by atoms with E-state index in [4.69, 9.17) is 4.74 Å². The Hall–Kier alpha value is -1.20. The highest BCUT2D eigenvalue weighted by Gasteiger charge is 2.13. The van der Waals surface area contributed by atoms with E-state index in [2.05, 4.69) is 10.3 Å². The van der Waals surface area contributed by atoms with Crippen LogP contribution in [0, 0.1) is 11.6 Å². The van der Waals surface area contributed by atoms with Crippen LogP contribution in [-0.2, 0) is 11.4 Å². The van der Waals surface area contributed by atoms with Gasteiger partial charge in [-0.3, -0.25) is 0 Å². The summed E-state index contributed by atoms with van der Waals surface area (Å²) in [6.07, 6.45) is 0. The summed E-state index contributed by atoms with van der Waals surface area (Å²) >= 11 is 0. The number of rotatable bonds is 4. The normalized spacial score (nSPS) is 10.3. The predicted octanol–water partition coefficient (Wildman–Crippen LogP) is 1.62. The minimum atomic E-state index is -0.711. The number of hydroxylamine groups is 1. The lowest BCUT2D eigenvalue weighted by Crippen LogP contribution is -2.14. The van der Waals surface area contributed by atoms with E-state index >= 15 is 0 Å². The van der Waals surface area contributed by atoms with Gasteiger partial charge in [-0.05, 0) is 12.1 Å². The highest BCUT2D eigenvalue weighted by atomic mass is 19.1. The Kier molecular flexibility index (Phi) is 3.79. The van der Waals surface area contributed by atoms with Gasteiger partial charge in [0.2, 0.25) is 0 Å². The number of hydrogen-bond acceptors (Lipinski definition) is 3. The van der Waals surface area contributed by atoms with Crippen LogP contribution >= 0.6 is 0 Å². The van der Waals surface area contributed by atoms with Gasteiger partial charge in [-0.1, -0.05) is 0 Å². The highest BCUT2D eigenvalue weighted by Crippen LogP contribution is 2.22. The molecule has 0 fully saturated rings. The first-order chi connectivity index (χ1) is 6.70. The molecular formula is C9H11F2NO2. The Bertz CT molecular complexity index is 318. The Morgan fingerprint density at radius 2 is 2.00 bits per heavy atom. The van der Waals surface area contributed by atoms with Crippen molar-refractivity contribution < 1.29 is 18.4 Å². The minimum Gasteiger partial charge on any atom is -0.494 e. The van der Waals surface area contributed by atoms with E-state index in [0.29, 0.717) is 0 Å². The second-order valence-electron chi connectivity index (χ2n) is 2.57. The molecule has 1 aromatic rings. The number of benzene rings is 1. The van der Waals surface area contributed by atoms with Gasteiger partial charge in [0.1, 0.15) is 5.82 Å². The van der Waals surface area contributed by atoms with E-state index in [-0.39, 0.29) is 17.9 Å². The second kappa shape index (κ2) is 4.88. The summed E-state index contributed by atoms with van der Waals surface area (Å²) in [6.45, 7) is -0.0502. The third kappa shape index (κ3) is 2.18. The number of methoxy groups -OCH3 is 1. The standard InChI is InChI=1S/C9H11F2NO2/c1-13-8-4-3-7(10)6(9(8)11)5-12-14-2/h3-4,12H,5H2,1-2H3. The fraction of sp³-hybridized carbons (Fsp3) is 0.333. The third-order valence-electron chi connectivity index (χ3n) is 1.76. The molecule has 1 aromatic carbocycles. The summed E-state index contributed by atoms with van der Waals surface area (Å²) in [7, 11) is 2.69. The molecule has 0 bridgehead atoms. The van der Waals surface area contributed by atoms with Crippen molar-refractivity contribution in [1.82, 2.24) is 5.48 Å². The molecule has 0 aliphatic rings. The van der Waals surface area contributed by atoms with Gasteiger partial charge in [0.25, 0.3) is 0 Å². The summed E-state index contributed by atoms with van der Waals surface area (Å²) in [5.41, 5.74) is 2.26. The van der Waals surface area contributed by atoms with E-state index in [1.165, 1.54) is 20.3 Å². The number of nitrogens with one attached hydrogen (secondary N) is 1. The van der Waals surface area contributed by atoms with E-state index in [9.17, 15) is 8.78 Å². The van der Waals surface area contributed by atoms with E-state index < -0.39 is 11.6 Å². The molecular weight excluding hydrogens is 192 g/mol. The monoisotopic (exact) mass is 203 g/mol. The molecule has 0 saturated carbocycles. The summed E-state index contributed by atoms with van der Waals surface area (Å²) in [4.78, 5) is 4.51. The van der Waals surface area contributed by atoms with Crippen molar-refractivity contribution in [2.45, 2.75) is 6.54 Å². The molecule has 0 saturated heterocycles. The van der Waals surface area contributed by atoms with Gasteiger partial charge in [0.05, 0.1) is 20.8 Å². The Labute approximate surface area is 80.6 Å². The van der Waals surface area contributed by atoms with Crippen LogP contribution in [0.25, 0.3) is 0 Å². The smallest absolute Gasteiger partial charge is 0.172 e. The van der Waals surface area contributed by atoms with Gasteiger partial charge in [-0.25, -0.2) is 8.78 Å². The van der Waals surface area contributed by atoms with Crippen molar-refractivity contribution in [3.05, 3.63) is 29.3 Å². The highest BCUT2D eigenvalue weighted by molar-refractivity contribution is 5.32. The molecule has 1 rings (SSSR count). The minimum absolute atomic E-state index is 0.0132. The zero-order valence-electron chi connectivity index (χ0n) is 7.93. The van der Waals surface area contributed by atoms with E-state index in [0.717, 1.165) is 6.07 Å². The zero-order chi connectivity index (χ0) is 10.6. The van der Waals surface area contributed by atoms with Gasteiger partial charge in [0, 0.05) is 5.56 Å². The average Bonchev–Trinajstić information content (AvgIpc) is 2.18. The van der Waals surface area contributed by atoms with Crippen molar-refractivity contribution in [3.63, 3.8) is 0 Å². The molecule has 0 unspecified atom stereocenters. The summed E-state index contributed by atoms with van der Waals surface area (Å²) in [5, 5.41) is 0. The Morgan fingerprint density at radius 3 is 2.57 bits per heavy atom. The van der Waals surface area contributed by atoms with Crippen molar-refractivity contribution in [3.8, 4) is 5.75 Å². The third-order valence-corrected chi connectivity index (χ3v) is 1.76. The maximum absolute atomic E-state index is 13.4. The SMILES string of the molecule is CONCc1c(F)ccc(OC)c1F. The lowest BCUT2D eigenvalue weighted by atomic mass is 10.2. The maximum Gasteiger partial charge on any atom is 0.172 e. The molecule has 0 spiro atoms. The van der Waals surface area contributed by atoms with Crippen LogP contribution < -0.4 is 10.2 Å². The van der Waals surface area contributed by atoms with Crippen LogP contribution in [0.2, 0.25) is 0 Å². The molecule has 5 heteroatoms. The van der Waals surface area contributed by atoms with Crippen LogP contribution in [0.4, 0.5) is 8.78 Å². The lowest BCUT2D eigenvalue weighted by Gasteiger charge is -2.08. The molecule has 1 N–H and O–H groups in total. The molecule has 0 heterocycles. The van der Waals surface area contributed by atoms with E-state index in [1.54, 1.807) is 0 Å². The maximum atomic E-state index is 13.4. The van der Waals surface area contributed by atoms with Gasteiger partial charge >= 0.3 is 0 Å². The first kappa shape index (κ1) is 10.9. The van der Waals surface area contributed by atoms with E-state index in [1.807, 2.05) is 0 Å². The number of halogens is 2. The van der Waals surface area contributed by atoms with Gasteiger partial charge < -0.3 is 9.57 Å². The molecule has 0 amide bonds. The quantitative estimate of drug-likeness (QED) is 0.754. The van der Waals surface area contributed by atoms with Gasteiger partial charge in [-0.15, -0.1) is 0 Å². The van der Waals surface area contributed by atoms with Crippen LogP contribution in [0.3, 0.4) is 0 Å². The fourth-order valence-corrected chi connectivity index (χ4v) is 1.04. The predicted molar refractivity (Wildman–Crippen MR) is 46.8 cm³/mol. The van der Waals surface area contributed by atoms with Crippen molar-refractivity contribution in [2.24, 2.45) is 0 Å².